The molecule has 1 aromatic rings. The Morgan fingerprint density at radius 1 is 1.41 bits per heavy atom. The van der Waals surface area contributed by atoms with E-state index in [0.29, 0.717) is 11.3 Å². The predicted octanol–water partition coefficient (Wildman–Crippen LogP) is 0.949. The van der Waals surface area contributed by atoms with Crippen LogP contribution in [0.15, 0.2) is 24.3 Å². The van der Waals surface area contributed by atoms with Crippen molar-refractivity contribution in [1.29, 1.82) is 0 Å². The zero-order valence-electron chi connectivity index (χ0n) is 9.29. The van der Waals surface area contributed by atoms with Crippen LogP contribution < -0.4 is 5.32 Å². The van der Waals surface area contributed by atoms with Crippen LogP contribution in [0.1, 0.15) is 5.56 Å². The van der Waals surface area contributed by atoms with E-state index in [1.807, 2.05) is 0 Å². The highest BCUT2D eigenvalue weighted by molar-refractivity contribution is 7.50. The average molecular weight is 259 g/mol. The molecule has 0 fully saturated rings. The Morgan fingerprint density at radius 3 is 2.65 bits per heavy atom. The molecule has 0 atom stereocenters. The molecule has 7 heteroatoms. The van der Waals surface area contributed by atoms with E-state index in [2.05, 4.69) is 10.1 Å². The number of rotatable bonds is 5. The fourth-order valence-corrected chi connectivity index (χ4v) is 2.04. The minimum absolute atomic E-state index is 0.107. The van der Waals surface area contributed by atoms with Crippen LogP contribution in [0.4, 0.5) is 5.69 Å². The van der Waals surface area contributed by atoms with E-state index in [1.165, 1.54) is 7.11 Å². The molecule has 0 aliphatic rings. The smallest absolute Gasteiger partial charge is 0.329 e. The van der Waals surface area contributed by atoms with Crippen molar-refractivity contribution in [2.75, 3.05) is 19.0 Å². The van der Waals surface area contributed by atoms with Gasteiger partial charge in [-0.2, -0.15) is 0 Å². The first-order valence-corrected chi connectivity index (χ1v) is 6.63. The lowest BCUT2D eigenvalue weighted by Gasteiger charge is -2.11. The number of para-hydroxylation sites is 1. The first-order chi connectivity index (χ1) is 7.92. The van der Waals surface area contributed by atoms with Crippen LogP contribution in [0.2, 0.25) is 0 Å². The lowest BCUT2D eigenvalue weighted by atomic mass is 10.2. The van der Waals surface area contributed by atoms with Crippen LogP contribution in [0.3, 0.4) is 0 Å². The normalized spacial score (nSPS) is 11.2. The van der Waals surface area contributed by atoms with E-state index >= 15 is 0 Å². The first kappa shape index (κ1) is 13.9. The van der Waals surface area contributed by atoms with E-state index in [1.54, 1.807) is 24.3 Å². The van der Waals surface area contributed by atoms with Crippen molar-refractivity contribution in [3.63, 3.8) is 0 Å². The largest absolute Gasteiger partial charge is 0.375 e. The molecule has 0 spiro atoms. The topological polar surface area (TPSA) is 95.9 Å². The fraction of sp³-hybridized carbons (Fsp3) is 0.300. The van der Waals surface area contributed by atoms with Crippen molar-refractivity contribution < 1.29 is 23.9 Å². The quantitative estimate of drug-likeness (QED) is 0.684. The standard InChI is InChI=1S/C10H14NO5P/c1-16-6-10(12)11-9-5-3-2-4-8(9)7-17(13,14)15/h2-5H,6-7H2,1H3,(H,11,12)(H2,13,14,15). The zero-order valence-corrected chi connectivity index (χ0v) is 10.2. The van der Waals surface area contributed by atoms with E-state index in [-0.39, 0.29) is 12.5 Å². The maximum absolute atomic E-state index is 11.3. The van der Waals surface area contributed by atoms with Gasteiger partial charge in [-0.15, -0.1) is 0 Å². The number of benzene rings is 1. The Labute approximate surface area is 98.8 Å². The summed E-state index contributed by atoms with van der Waals surface area (Å²) in [4.78, 5) is 29.1. The van der Waals surface area contributed by atoms with Crippen molar-refractivity contribution in [3.05, 3.63) is 29.8 Å². The maximum atomic E-state index is 11.3. The summed E-state index contributed by atoms with van der Waals surface area (Å²) in [6, 6.07) is 6.46. The molecule has 94 valence electrons. The Bertz CT molecular complexity index is 442. The number of ether oxygens (including phenoxy) is 1. The second kappa shape index (κ2) is 5.93. The van der Waals surface area contributed by atoms with E-state index < -0.39 is 13.8 Å². The number of anilines is 1. The van der Waals surface area contributed by atoms with Gasteiger partial charge in [0.05, 0.1) is 6.16 Å². The van der Waals surface area contributed by atoms with Crippen molar-refractivity contribution in [3.8, 4) is 0 Å². The van der Waals surface area contributed by atoms with Gasteiger partial charge >= 0.3 is 7.60 Å². The van der Waals surface area contributed by atoms with Crippen LogP contribution in [-0.4, -0.2) is 29.4 Å². The minimum Gasteiger partial charge on any atom is -0.375 e. The lowest BCUT2D eigenvalue weighted by Crippen LogP contribution is -2.18. The Balaban J connectivity index is 2.85. The maximum Gasteiger partial charge on any atom is 0.329 e. The molecule has 17 heavy (non-hydrogen) atoms. The highest BCUT2D eigenvalue weighted by atomic mass is 31.2. The summed E-state index contributed by atoms with van der Waals surface area (Å²) in [5.41, 5.74) is 0.781. The average Bonchev–Trinajstić information content (AvgIpc) is 2.19. The molecule has 1 amide bonds. The number of hydrogen-bond acceptors (Lipinski definition) is 3. The third kappa shape index (κ3) is 5.10. The molecule has 1 rings (SSSR count). The van der Waals surface area contributed by atoms with Crippen LogP contribution in [0.25, 0.3) is 0 Å². The summed E-state index contributed by atoms with van der Waals surface area (Å²) in [6.07, 6.45) is -0.406. The monoisotopic (exact) mass is 259 g/mol. The van der Waals surface area contributed by atoms with Gasteiger partial charge in [0.2, 0.25) is 5.91 Å². The summed E-state index contributed by atoms with van der Waals surface area (Å²) in [5.74, 6) is -0.370. The van der Waals surface area contributed by atoms with Gasteiger partial charge in [0.15, 0.2) is 0 Å². The molecular weight excluding hydrogens is 245 g/mol. The summed E-state index contributed by atoms with van der Waals surface area (Å²) in [5, 5.41) is 2.53. The van der Waals surface area contributed by atoms with Gasteiger partial charge in [-0.05, 0) is 11.6 Å². The van der Waals surface area contributed by atoms with Crippen LogP contribution in [0.5, 0.6) is 0 Å². The minimum atomic E-state index is -4.16. The van der Waals surface area contributed by atoms with Crippen molar-refractivity contribution in [1.82, 2.24) is 0 Å². The highest BCUT2D eigenvalue weighted by Gasteiger charge is 2.17. The van der Waals surface area contributed by atoms with Gasteiger partial charge < -0.3 is 19.8 Å². The molecule has 0 saturated carbocycles. The van der Waals surface area contributed by atoms with Gasteiger partial charge in [0.25, 0.3) is 0 Å². The summed E-state index contributed by atoms with van der Waals surface area (Å²) < 4.78 is 15.6. The summed E-state index contributed by atoms with van der Waals surface area (Å²) in [7, 11) is -2.77. The third-order valence-corrected chi connectivity index (χ3v) is 2.70. The number of carbonyl (C=O) groups is 1. The third-order valence-electron chi connectivity index (χ3n) is 1.94. The van der Waals surface area contributed by atoms with Crippen molar-refractivity contribution in [2.24, 2.45) is 0 Å². The lowest BCUT2D eigenvalue weighted by molar-refractivity contribution is -0.119. The molecule has 0 heterocycles. The second-order valence-corrected chi connectivity index (χ2v) is 5.11. The molecule has 1 aromatic carbocycles. The molecule has 6 nitrogen and oxygen atoms in total. The Morgan fingerprint density at radius 2 is 2.06 bits per heavy atom. The van der Waals surface area contributed by atoms with E-state index in [4.69, 9.17) is 9.79 Å². The number of methoxy groups -OCH3 is 1. The zero-order chi connectivity index (χ0) is 12.9. The fourth-order valence-electron chi connectivity index (χ4n) is 1.32. The van der Waals surface area contributed by atoms with E-state index in [9.17, 15) is 9.36 Å². The number of amides is 1. The van der Waals surface area contributed by atoms with Crippen molar-refractivity contribution in [2.45, 2.75) is 6.16 Å². The molecule has 0 unspecified atom stereocenters. The van der Waals surface area contributed by atoms with Gasteiger partial charge in [-0.1, -0.05) is 18.2 Å². The SMILES string of the molecule is COCC(=O)Nc1ccccc1CP(=O)(O)O. The number of hydrogen-bond donors (Lipinski definition) is 3. The predicted molar refractivity (Wildman–Crippen MR) is 62.7 cm³/mol. The van der Waals surface area contributed by atoms with E-state index in [0.717, 1.165) is 0 Å². The molecule has 0 radical (unpaired) electrons. The summed E-state index contributed by atoms with van der Waals surface area (Å²) >= 11 is 0. The molecule has 3 N–H and O–H groups in total. The van der Waals surface area contributed by atoms with Gasteiger partial charge in [-0.25, -0.2) is 0 Å². The number of nitrogens with one attached hydrogen (secondary N) is 1. The van der Waals surface area contributed by atoms with Gasteiger partial charge in [0.1, 0.15) is 6.61 Å². The van der Waals surface area contributed by atoms with Crippen LogP contribution >= 0.6 is 7.60 Å². The first-order valence-electron chi connectivity index (χ1n) is 4.83. The van der Waals surface area contributed by atoms with Crippen LogP contribution in [-0.2, 0) is 20.3 Å². The Kier molecular flexibility index (Phi) is 4.84. The van der Waals surface area contributed by atoms with Gasteiger partial charge in [-0.3, -0.25) is 9.36 Å². The van der Waals surface area contributed by atoms with Crippen LogP contribution in [0, 0.1) is 0 Å². The molecule has 0 saturated heterocycles. The molecular formula is C10H14NO5P. The Hall–Kier alpha value is -1.20. The van der Waals surface area contributed by atoms with Crippen molar-refractivity contribution >= 4 is 19.2 Å². The molecule has 0 aliphatic carbocycles. The van der Waals surface area contributed by atoms with Gasteiger partial charge in [0, 0.05) is 12.8 Å². The molecule has 0 bridgehead atoms. The number of carbonyl (C=O) groups excluding carboxylic acids is 1. The second-order valence-electron chi connectivity index (χ2n) is 3.46. The summed E-state index contributed by atoms with van der Waals surface area (Å²) in [6.45, 7) is -0.107. The molecule has 0 aliphatic heterocycles. The highest BCUT2D eigenvalue weighted by Crippen LogP contribution is 2.40. The molecule has 0 aromatic heterocycles.